The fourth-order valence-electron chi connectivity index (χ4n) is 1.17. The lowest BCUT2D eigenvalue weighted by molar-refractivity contribution is -0.137. The van der Waals surface area contributed by atoms with Crippen LogP contribution in [0.25, 0.3) is 0 Å². The zero-order valence-electron chi connectivity index (χ0n) is 7.76. The summed E-state index contributed by atoms with van der Waals surface area (Å²) in [6.45, 7) is 0. The Morgan fingerprint density at radius 3 is 2.40 bits per heavy atom. The zero-order valence-corrected chi connectivity index (χ0v) is 7.76. The third kappa shape index (κ3) is 2.20. The van der Waals surface area contributed by atoms with Crippen molar-refractivity contribution in [3.63, 3.8) is 0 Å². The Hall–Kier alpha value is -1.72. The van der Waals surface area contributed by atoms with E-state index in [-0.39, 0.29) is 17.7 Å². The Labute approximate surface area is 83.6 Å². The highest BCUT2D eigenvalue weighted by atomic mass is 19.4. The number of benzene rings is 1. The second kappa shape index (κ2) is 3.80. The molecule has 2 N–H and O–H groups in total. The molecule has 1 rings (SSSR count). The van der Waals surface area contributed by atoms with E-state index in [0.717, 1.165) is 0 Å². The maximum absolute atomic E-state index is 12.5. The minimum absolute atomic E-state index is 0.0983. The number of carbonyl (C=O) groups is 1. The molecular weight excluding hydrogens is 211 g/mol. The van der Waals surface area contributed by atoms with E-state index in [9.17, 15) is 18.0 Å². The molecule has 0 saturated heterocycles. The summed E-state index contributed by atoms with van der Waals surface area (Å²) >= 11 is 0. The quantitative estimate of drug-likeness (QED) is 0.612. The van der Waals surface area contributed by atoms with Gasteiger partial charge in [-0.15, -0.1) is 0 Å². The highest BCUT2D eigenvalue weighted by Crippen LogP contribution is 2.36. The third-order valence-corrected chi connectivity index (χ3v) is 1.81. The summed E-state index contributed by atoms with van der Waals surface area (Å²) < 4.78 is 42.0. The van der Waals surface area contributed by atoms with Crippen molar-refractivity contribution in [1.82, 2.24) is 0 Å². The summed E-state index contributed by atoms with van der Waals surface area (Å²) in [6.07, 6.45) is -4.53. The molecule has 0 heterocycles. The van der Waals surface area contributed by atoms with E-state index >= 15 is 0 Å². The van der Waals surface area contributed by atoms with E-state index in [4.69, 9.17) is 5.73 Å². The van der Waals surface area contributed by atoms with Crippen molar-refractivity contribution >= 4 is 12.0 Å². The normalized spacial score (nSPS) is 11.2. The maximum Gasteiger partial charge on any atom is 0.417 e. The van der Waals surface area contributed by atoms with Gasteiger partial charge in [0.25, 0.3) is 0 Å². The molecule has 82 valence electrons. The van der Waals surface area contributed by atoms with Crippen molar-refractivity contribution in [3.8, 4) is 5.75 Å². The van der Waals surface area contributed by atoms with Crippen molar-refractivity contribution in [2.75, 3.05) is 12.8 Å². The van der Waals surface area contributed by atoms with Gasteiger partial charge >= 0.3 is 6.18 Å². The number of ether oxygens (including phenoxy) is 1. The van der Waals surface area contributed by atoms with Gasteiger partial charge in [-0.1, -0.05) is 0 Å². The first-order chi connectivity index (χ1) is 6.90. The molecular formula is C9H8F3NO2. The van der Waals surface area contributed by atoms with Gasteiger partial charge in [0.1, 0.15) is 5.75 Å². The van der Waals surface area contributed by atoms with Crippen molar-refractivity contribution in [3.05, 3.63) is 23.3 Å². The van der Waals surface area contributed by atoms with Gasteiger partial charge < -0.3 is 10.5 Å². The molecule has 0 aliphatic carbocycles. The van der Waals surface area contributed by atoms with Gasteiger partial charge in [-0.25, -0.2) is 0 Å². The van der Waals surface area contributed by atoms with Gasteiger partial charge in [0.05, 0.1) is 18.2 Å². The summed E-state index contributed by atoms with van der Waals surface area (Å²) in [5.41, 5.74) is 3.52. The summed E-state index contributed by atoms with van der Waals surface area (Å²) in [5, 5.41) is 0. The molecule has 3 nitrogen and oxygen atoms in total. The average molecular weight is 219 g/mol. The van der Waals surface area contributed by atoms with Crippen molar-refractivity contribution in [2.45, 2.75) is 6.18 Å². The Morgan fingerprint density at radius 1 is 1.40 bits per heavy atom. The van der Waals surface area contributed by atoms with Crippen LogP contribution in [0.4, 0.5) is 18.9 Å². The lowest BCUT2D eigenvalue weighted by Gasteiger charge is -2.13. The molecule has 0 spiro atoms. The fraction of sp³-hybridized carbons (Fsp3) is 0.222. The summed E-state index contributed by atoms with van der Waals surface area (Å²) in [6, 6.07) is 1.87. The molecule has 0 aliphatic rings. The molecule has 6 heteroatoms. The zero-order chi connectivity index (χ0) is 11.6. The minimum atomic E-state index is -4.63. The number of hydrogen-bond donors (Lipinski definition) is 1. The second-order valence-electron chi connectivity index (χ2n) is 2.80. The van der Waals surface area contributed by atoms with Crippen LogP contribution in [0, 0.1) is 0 Å². The largest absolute Gasteiger partial charge is 0.496 e. The van der Waals surface area contributed by atoms with Crippen LogP contribution in [-0.2, 0) is 6.18 Å². The van der Waals surface area contributed by atoms with Gasteiger partial charge in [0.2, 0.25) is 0 Å². The Balaban J connectivity index is 3.49. The predicted molar refractivity (Wildman–Crippen MR) is 47.8 cm³/mol. The number of aldehydes is 1. The number of carbonyl (C=O) groups excluding carboxylic acids is 1. The van der Waals surface area contributed by atoms with Crippen LogP contribution in [0.3, 0.4) is 0 Å². The second-order valence-corrected chi connectivity index (χ2v) is 2.80. The number of halogens is 3. The van der Waals surface area contributed by atoms with Crippen LogP contribution in [0.2, 0.25) is 0 Å². The first-order valence-corrected chi connectivity index (χ1v) is 3.90. The molecule has 0 aromatic heterocycles. The molecule has 0 bridgehead atoms. The topological polar surface area (TPSA) is 52.3 Å². The van der Waals surface area contributed by atoms with E-state index in [2.05, 4.69) is 4.74 Å². The van der Waals surface area contributed by atoms with E-state index < -0.39 is 17.3 Å². The number of hydrogen-bond acceptors (Lipinski definition) is 3. The lowest BCUT2D eigenvalue weighted by Crippen LogP contribution is -2.11. The molecule has 0 amide bonds. The van der Waals surface area contributed by atoms with Crippen LogP contribution >= 0.6 is 0 Å². The molecule has 0 fully saturated rings. The Bertz CT molecular complexity index is 388. The van der Waals surface area contributed by atoms with Crippen LogP contribution in [0.5, 0.6) is 5.75 Å². The third-order valence-electron chi connectivity index (χ3n) is 1.81. The van der Waals surface area contributed by atoms with E-state index in [1.54, 1.807) is 0 Å². The predicted octanol–water partition coefficient (Wildman–Crippen LogP) is 2.11. The summed E-state index contributed by atoms with van der Waals surface area (Å²) in [5.74, 6) is -0.183. The Kier molecular flexibility index (Phi) is 2.88. The highest BCUT2D eigenvalue weighted by molar-refractivity contribution is 5.83. The van der Waals surface area contributed by atoms with Crippen molar-refractivity contribution in [1.29, 1.82) is 0 Å². The minimum Gasteiger partial charge on any atom is -0.496 e. The number of anilines is 1. The summed E-state index contributed by atoms with van der Waals surface area (Å²) in [7, 11) is 1.17. The maximum atomic E-state index is 12.5. The van der Waals surface area contributed by atoms with Gasteiger partial charge in [-0.3, -0.25) is 4.79 Å². The fourth-order valence-corrected chi connectivity index (χ4v) is 1.17. The Morgan fingerprint density at radius 2 is 2.00 bits per heavy atom. The van der Waals surface area contributed by atoms with Gasteiger partial charge in [-0.2, -0.15) is 13.2 Å². The number of nitrogen functional groups attached to an aromatic ring is 1. The van der Waals surface area contributed by atoms with Crippen LogP contribution in [0.1, 0.15) is 15.9 Å². The summed E-state index contributed by atoms with van der Waals surface area (Å²) in [4.78, 5) is 10.5. The molecule has 0 aliphatic heterocycles. The van der Waals surface area contributed by atoms with E-state index in [0.29, 0.717) is 6.07 Å². The van der Waals surface area contributed by atoms with Crippen LogP contribution in [0.15, 0.2) is 12.1 Å². The SMILES string of the molecule is COc1cc(N)cc(C(F)(F)F)c1C=O. The molecule has 15 heavy (non-hydrogen) atoms. The molecule has 1 aromatic carbocycles. The molecule has 0 atom stereocenters. The van der Waals surface area contributed by atoms with Gasteiger partial charge in [0.15, 0.2) is 6.29 Å². The monoisotopic (exact) mass is 219 g/mol. The first-order valence-electron chi connectivity index (χ1n) is 3.90. The lowest BCUT2D eigenvalue weighted by atomic mass is 10.1. The standard InChI is InChI=1S/C9H8F3NO2/c1-15-8-3-5(13)2-7(6(8)4-14)9(10,11)12/h2-4H,13H2,1H3. The number of rotatable bonds is 2. The van der Waals surface area contributed by atoms with E-state index in [1.165, 1.54) is 13.2 Å². The van der Waals surface area contributed by atoms with Crippen LogP contribution in [-0.4, -0.2) is 13.4 Å². The number of nitrogens with two attached hydrogens (primary N) is 1. The first kappa shape index (κ1) is 11.4. The molecule has 0 radical (unpaired) electrons. The van der Waals surface area contributed by atoms with E-state index in [1.807, 2.05) is 0 Å². The van der Waals surface area contributed by atoms with Gasteiger partial charge in [-0.05, 0) is 6.07 Å². The average Bonchev–Trinajstić information content (AvgIpc) is 2.15. The molecule has 0 saturated carbocycles. The molecule has 1 aromatic rings. The smallest absolute Gasteiger partial charge is 0.417 e. The van der Waals surface area contributed by atoms with Crippen molar-refractivity contribution < 1.29 is 22.7 Å². The molecule has 0 unspecified atom stereocenters. The number of alkyl halides is 3. The van der Waals surface area contributed by atoms with Crippen LogP contribution < -0.4 is 10.5 Å². The number of methoxy groups -OCH3 is 1. The highest BCUT2D eigenvalue weighted by Gasteiger charge is 2.35. The van der Waals surface area contributed by atoms with Crippen molar-refractivity contribution in [2.24, 2.45) is 0 Å². The van der Waals surface area contributed by atoms with Gasteiger partial charge in [0, 0.05) is 11.8 Å².